The molecular formula is C10H17N. The van der Waals surface area contributed by atoms with Crippen molar-refractivity contribution in [1.29, 1.82) is 0 Å². The molecule has 1 heteroatoms. The van der Waals surface area contributed by atoms with Crippen molar-refractivity contribution < 1.29 is 0 Å². The topological polar surface area (TPSA) is 3.24 Å². The highest BCUT2D eigenvalue weighted by Crippen LogP contribution is 2.44. The van der Waals surface area contributed by atoms with Crippen LogP contribution in [0.25, 0.3) is 0 Å². The van der Waals surface area contributed by atoms with Crippen molar-refractivity contribution in [2.24, 2.45) is 17.8 Å². The molecule has 2 bridgehead atoms. The average molecular weight is 151 g/mol. The molecule has 3 rings (SSSR count). The Morgan fingerprint density at radius 1 is 0.909 bits per heavy atom. The van der Waals surface area contributed by atoms with Crippen molar-refractivity contribution in [3.63, 3.8) is 0 Å². The Hall–Kier alpha value is -0.0400. The zero-order valence-electron chi connectivity index (χ0n) is 7.13. The summed E-state index contributed by atoms with van der Waals surface area (Å²) in [6.07, 6.45) is 6.14. The third kappa shape index (κ3) is 0.868. The van der Waals surface area contributed by atoms with Crippen LogP contribution in [0.2, 0.25) is 0 Å². The van der Waals surface area contributed by atoms with Gasteiger partial charge in [-0.25, -0.2) is 0 Å². The van der Waals surface area contributed by atoms with E-state index in [0.717, 1.165) is 17.8 Å². The number of hydrogen-bond acceptors (Lipinski definition) is 1. The molecule has 11 heavy (non-hydrogen) atoms. The van der Waals surface area contributed by atoms with Crippen molar-refractivity contribution in [2.75, 3.05) is 19.6 Å². The van der Waals surface area contributed by atoms with Crippen molar-refractivity contribution in [1.82, 2.24) is 4.90 Å². The van der Waals surface area contributed by atoms with E-state index in [-0.39, 0.29) is 0 Å². The molecule has 2 heterocycles. The van der Waals surface area contributed by atoms with E-state index in [1.807, 2.05) is 0 Å². The van der Waals surface area contributed by atoms with Gasteiger partial charge in [-0.2, -0.15) is 0 Å². The Bertz CT molecular complexity index is 164. The fourth-order valence-corrected chi connectivity index (χ4v) is 3.62. The van der Waals surface area contributed by atoms with Crippen LogP contribution in [-0.4, -0.2) is 24.5 Å². The lowest BCUT2D eigenvalue weighted by molar-refractivity contribution is 0.150. The summed E-state index contributed by atoms with van der Waals surface area (Å²) in [5.41, 5.74) is 0. The molecular weight excluding hydrogens is 134 g/mol. The maximum absolute atomic E-state index is 2.69. The van der Waals surface area contributed by atoms with Crippen LogP contribution in [0.4, 0.5) is 0 Å². The van der Waals surface area contributed by atoms with Gasteiger partial charge in [-0.05, 0) is 43.6 Å². The minimum atomic E-state index is 1.11. The highest BCUT2D eigenvalue weighted by atomic mass is 15.2. The Morgan fingerprint density at radius 3 is 2.64 bits per heavy atom. The molecule has 4 atom stereocenters. The smallest absolute Gasteiger partial charge is 0.00130 e. The first kappa shape index (κ1) is 6.47. The van der Waals surface area contributed by atoms with Crippen LogP contribution in [0.3, 0.4) is 0 Å². The van der Waals surface area contributed by atoms with Crippen LogP contribution in [0.5, 0.6) is 0 Å². The lowest BCUT2D eigenvalue weighted by Crippen LogP contribution is -2.37. The largest absolute Gasteiger partial charge is 0.303 e. The van der Waals surface area contributed by atoms with Crippen LogP contribution in [0, 0.1) is 17.8 Å². The average Bonchev–Trinajstić information content (AvgIpc) is 2.58. The van der Waals surface area contributed by atoms with Crippen LogP contribution in [0.15, 0.2) is 0 Å². The fourth-order valence-electron chi connectivity index (χ4n) is 3.62. The molecule has 0 aromatic rings. The summed E-state index contributed by atoms with van der Waals surface area (Å²) in [5, 5.41) is 0. The van der Waals surface area contributed by atoms with Gasteiger partial charge in [-0.15, -0.1) is 0 Å². The van der Waals surface area contributed by atoms with Gasteiger partial charge in [0.05, 0.1) is 0 Å². The highest BCUT2D eigenvalue weighted by molar-refractivity contribution is 4.94. The van der Waals surface area contributed by atoms with Crippen LogP contribution >= 0.6 is 0 Å². The molecule has 0 radical (unpaired) electrons. The molecule has 2 saturated heterocycles. The van der Waals surface area contributed by atoms with Gasteiger partial charge in [0, 0.05) is 13.1 Å². The molecule has 1 nitrogen and oxygen atoms in total. The number of rotatable bonds is 0. The number of hydrogen-bond donors (Lipinski definition) is 0. The van der Waals surface area contributed by atoms with E-state index in [0.29, 0.717) is 0 Å². The van der Waals surface area contributed by atoms with E-state index in [4.69, 9.17) is 0 Å². The fraction of sp³-hybridized carbons (Fsp3) is 1.00. The summed E-state index contributed by atoms with van der Waals surface area (Å²) >= 11 is 0. The van der Waals surface area contributed by atoms with Crippen LogP contribution in [0.1, 0.15) is 25.7 Å². The molecule has 62 valence electrons. The molecule has 3 fully saturated rings. The summed E-state index contributed by atoms with van der Waals surface area (Å²) in [7, 11) is 0. The minimum absolute atomic E-state index is 1.11. The second-order valence-corrected chi connectivity index (χ2v) is 4.66. The van der Waals surface area contributed by atoms with Gasteiger partial charge >= 0.3 is 0 Å². The lowest BCUT2D eigenvalue weighted by Gasteiger charge is -2.33. The van der Waals surface area contributed by atoms with Crippen molar-refractivity contribution >= 4 is 0 Å². The normalized spacial score (nSPS) is 54.5. The summed E-state index contributed by atoms with van der Waals surface area (Å²) in [4.78, 5) is 2.69. The lowest BCUT2D eigenvalue weighted by atomic mass is 9.81. The summed E-state index contributed by atoms with van der Waals surface area (Å²) in [6.45, 7) is 4.31. The predicted molar refractivity (Wildman–Crippen MR) is 45.4 cm³/mol. The Balaban J connectivity index is 1.85. The molecule has 0 aromatic carbocycles. The molecule has 0 N–H and O–H groups in total. The Morgan fingerprint density at radius 2 is 1.73 bits per heavy atom. The maximum atomic E-state index is 2.69. The third-order valence-corrected chi connectivity index (χ3v) is 4.12. The van der Waals surface area contributed by atoms with E-state index in [9.17, 15) is 0 Å². The molecule has 0 aromatic heterocycles. The van der Waals surface area contributed by atoms with E-state index >= 15 is 0 Å². The van der Waals surface area contributed by atoms with Gasteiger partial charge in [-0.1, -0.05) is 6.42 Å². The maximum Gasteiger partial charge on any atom is 0.00130 e. The van der Waals surface area contributed by atoms with E-state index in [2.05, 4.69) is 4.90 Å². The van der Waals surface area contributed by atoms with Gasteiger partial charge in [0.15, 0.2) is 0 Å². The second-order valence-electron chi connectivity index (χ2n) is 4.66. The van der Waals surface area contributed by atoms with Gasteiger partial charge < -0.3 is 4.90 Å². The first-order chi connectivity index (χ1) is 5.43. The first-order valence-corrected chi connectivity index (χ1v) is 5.16. The zero-order chi connectivity index (χ0) is 7.26. The monoisotopic (exact) mass is 151 g/mol. The van der Waals surface area contributed by atoms with E-state index < -0.39 is 0 Å². The SMILES string of the molecule is C1CC2CN3CCC(C3)C2C1. The predicted octanol–water partition coefficient (Wildman–Crippen LogP) is 1.74. The van der Waals surface area contributed by atoms with Gasteiger partial charge in [-0.3, -0.25) is 0 Å². The molecule has 0 spiro atoms. The molecule has 4 unspecified atom stereocenters. The van der Waals surface area contributed by atoms with Gasteiger partial charge in [0.2, 0.25) is 0 Å². The Labute approximate surface area is 68.8 Å². The quantitative estimate of drug-likeness (QED) is 0.509. The van der Waals surface area contributed by atoms with Crippen LogP contribution < -0.4 is 0 Å². The minimum Gasteiger partial charge on any atom is -0.303 e. The first-order valence-electron chi connectivity index (χ1n) is 5.16. The number of nitrogens with zero attached hydrogens (tertiary/aromatic N) is 1. The molecule has 3 aliphatic rings. The van der Waals surface area contributed by atoms with Gasteiger partial charge in [0.25, 0.3) is 0 Å². The molecule has 1 saturated carbocycles. The van der Waals surface area contributed by atoms with Gasteiger partial charge in [0.1, 0.15) is 0 Å². The van der Waals surface area contributed by atoms with Crippen molar-refractivity contribution in [3.05, 3.63) is 0 Å². The third-order valence-electron chi connectivity index (χ3n) is 4.12. The summed E-state index contributed by atoms with van der Waals surface area (Å²) in [5.74, 6) is 3.36. The standard InChI is InChI=1S/C10H17N/c1-2-8-6-11-5-4-9(7-11)10(8)3-1/h8-10H,1-7H2. The van der Waals surface area contributed by atoms with Crippen molar-refractivity contribution in [2.45, 2.75) is 25.7 Å². The Kier molecular flexibility index (Phi) is 1.31. The van der Waals surface area contributed by atoms with E-state index in [1.54, 1.807) is 6.42 Å². The second kappa shape index (κ2) is 2.22. The number of piperidine rings is 1. The summed E-state index contributed by atoms with van der Waals surface area (Å²) in [6, 6.07) is 0. The molecule has 2 aliphatic heterocycles. The molecule has 1 aliphatic carbocycles. The van der Waals surface area contributed by atoms with Crippen molar-refractivity contribution in [3.8, 4) is 0 Å². The van der Waals surface area contributed by atoms with E-state index in [1.165, 1.54) is 38.9 Å². The zero-order valence-corrected chi connectivity index (χ0v) is 7.13. The highest BCUT2D eigenvalue weighted by Gasteiger charge is 2.42. The molecule has 0 amide bonds. The number of fused-ring (bicyclic) bond motifs is 4. The summed E-state index contributed by atoms with van der Waals surface area (Å²) < 4.78 is 0. The van der Waals surface area contributed by atoms with Crippen LogP contribution in [-0.2, 0) is 0 Å².